The van der Waals surface area contributed by atoms with Crippen molar-refractivity contribution in [1.82, 2.24) is 0 Å². The first kappa shape index (κ1) is 14.2. The monoisotopic (exact) mass is 304 g/mol. The van der Waals surface area contributed by atoms with Crippen molar-refractivity contribution >= 4 is 23.2 Å². The molecule has 1 atom stereocenters. The topological polar surface area (TPSA) is 0 Å². The Morgan fingerprint density at radius 3 is 2.32 bits per heavy atom. The van der Waals surface area contributed by atoms with Gasteiger partial charge in [0.1, 0.15) is 17.5 Å². The van der Waals surface area contributed by atoms with Gasteiger partial charge in [-0.05, 0) is 36.8 Å². The number of hydrogen-bond acceptors (Lipinski definition) is 0. The number of benzene rings is 2. The average molecular weight is 305 g/mol. The van der Waals surface area contributed by atoms with Crippen molar-refractivity contribution < 1.29 is 13.2 Å². The molecule has 0 saturated heterocycles. The summed E-state index contributed by atoms with van der Waals surface area (Å²) >= 11 is 11.9. The molecule has 0 bridgehead atoms. The van der Waals surface area contributed by atoms with Crippen molar-refractivity contribution in [3.63, 3.8) is 0 Å². The van der Waals surface area contributed by atoms with Gasteiger partial charge in [-0.3, -0.25) is 0 Å². The first-order valence-electron chi connectivity index (χ1n) is 5.45. The second-order valence-electron chi connectivity index (χ2n) is 4.12. The average Bonchev–Trinajstić information content (AvgIpc) is 2.33. The molecule has 0 saturated carbocycles. The Morgan fingerprint density at radius 2 is 1.68 bits per heavy atom. The third-order valence-electron chi connectivity index (χ3n) is 2.80. The Morgan fingerprint density at radius 1 is 1.00 bits per heavy atom. The summed E-state index contributed by atoms with van der Waals surface area (Å²) in [5, 5.41) is -1.12. The van der Waals surface area contributed by atoms with Crippen molar-refractivity contribution in [3.05, 3.63) is 69.5 Å². The quantitative estimate of drug-likeness (QED) is 0.652. The Bertz CT molecular complexity index is 606. The van der Waals surface area contributed by atoms with Crippen LogP contribution in [0.5, 0.6) is 0 Å². The largest absolute Gasteiger partial charge is 0.207 e. The third kappa shape index (κ3) is 2.72. The lowest BCUT2D eigenvalue weighted by Crippen LogP contribution is -2.02. The van der Waals surface area contributed by atoms with Gasteiger partial charge in [-0.2, -0.15) is 0 Å². The Balaban J connectivity index is 2.56. The molecule has 19 heavy (non-hydrogen) atoms. The highest BCUT2D eigenvalue weighted by Gasteiger charge is 2.22. The van der Waals surface area contributed by atoms with E-state index in [4.69, 9.17) is 23.2 Å². The molecule has 0 nitrogen and oxygen atoms in total. The minimum atomic E-state index is -1.19. The second-order valence-corrected chi connectivity index (χ2v) is 4.96. The van der Waals surface area contributed by atoms with Gasteiger partial charge in [0.15, 0.2) is 0 Å². The maximum atomic E-state index is 13.8. The van der Waals surface area contributed by atoms with Crippen LogP contribution in [0.25, 0.3) is 0 Å². The summed E-state index contributed by atoms with van der Waals surface area (Å²) in [7, 11) is 0. The SMILES string of the molecule is Cc1cc(F)c(C(Cl)c2c(F)cccc2Cl)cc1F. The summed E-state index contributed by atoms with van der Waals surface area (Å²) in [4.78, 5) is 0. The normalized spacial score (nSPS) is 12.5. The van der Waals surface area contributed by atoms with Crippen LogP contribution in [0.2, 0.25) is 5.02 Å². The van der Waals surface area contributed by atoms with E-state index in [1.54, 1.807) is 0 Å². The van der Waals surface area contributed by atoms with E-state index < -0.39 is 22.8 Å². The molecule has 0 radical (unpaired) electrons. The first-order chi connectivity index (χ1) is 8.91. The fourth-order valence-electron chi connectivity index (χ4n) is 1.76. The van der Waals surface area contributed by atoms with E-state index in [9.17, 15) is 13.2 Å². The molecule has 0 N–H and O–H groups in total. The zero-order chi connectivity index (χ0) is 14.2. The summed E-state index contributed by atoms with van der Waals surface area (Å²) in [5.74, 6) is -1.96. The van der Waals surface area contributed by atoms with E-state index in [1.807, 2.05) is 0 Å². The molecule has 0 aromatic heterocycles. The van der Waals surface area contributed by atoms with Crippen molar-refractivity contribution in [2.45, 2.75) is 12.3 Å². The molecular weight excluding hydrogens is 296 g/mol. The highest BCUT2D eigenvalue weighted by molar-refractivity contribution is 6.33. The van der Waals surface area contributed by atoms with E-state index in [0.717, 1.165) is 12.1 Å². The summed E-state index contributed by atoms with van der Waals surface area (Å²) in [6.07, 6.45) is 0. The number of hydrogen-bond donors (Lipinski definition) is 0. The smallest absolute Gasteiger partial charge is 0.129 e. The minimum Gasteiger partial charge on any atom is -0.207 e. The van der Waals surface area contributed by atoms with Gasteiger partial charge in [0.2, 0.25) is 0 Å². The summed E-state index contributed by atoms with van der Waals surface area (Å²) in [5.41, 5.74) is -0.0468. The van der Waals surface area contributed by atoms with E-state index in [-0.39, 0.29) is 21.7 Å². The maximum absolute atomic E-state index is 13.8. The van der Waals surface area contributed by atoms with E-state index in [2.05, 4.69) is 0 Å². The predicted octanol–water partition coefficient (Wildman–Crippen LogP) is 5.39. The van der Waals surface area contributed by atoms with Crippen LogP contribution in [-0.4, -0.2) is 0 Å². The minimum absolute atomic E-state index is 0.0620. The molecule has 0 fully saturated rings. The standard InChI is InChI=1S/C14H9Cl2F3/c1-7-5-12(19)8(6-11(7)18)14(16)13-9(15)3-2-4-10(13)17/h2-6,14H,1H3. The van der Waals surface area contributed by atoms with Gasteiger partial charge in [0, 0.05) is 16.1 Å². The van der Waals surface area contributed by atoms with Crippen molar-refractivity contribution in [3.8, 4) is 0 Å². The lowest BCUT2D eigenvalue weighted by molar-refractivity contribution is 0.574. The summed E-state index contributed by atoms with van der Waals surface area (Å²) in [6.45, 7) is 1.43. The summed E-state index contributed by atoms with van der Waals surface area (Å²) in [6, 6.07) is 6.01. The molecule has 2 aromatic rings. The van der Waals surface area contributed by atoms with Crippen LogP contribution in [0.3, 0.4) is 0 Å². The lowest BCUT2D eigenvalue weighted by atomic mass is 10.0. The molecule has 2 aromatic carbocycles. The second kappa shape index (κ2) is 5.43. The number of rotatable bonds is 2. The zero-order valence-electron chi connectivity index (χ0n) is 9.85. The molecule has 0 spiro atoms. The predicted molar refractivity (Wildman–Crippen MR) is 70.2 cm³/mol. The van der Waals surface area contributed by atoms with Gasteiger partial charge in [0.05, 0.1) is 5.38 Å². The lowest BCUT2D eigenvalue weighted by Gasteiger charge is -2.14. The van der Waals surface area contributed by atoms with Gasteiger partial charge < -0.3 is 0 Å². The molecule has 0 aliphatic heterocycles. The van der Waals surface area contributed by atoms with E-state index in [0.29, 0.717) is 0 Å². The number of alkyl halides is 1. The molecule has 2 rings (SSSR count). The van der Waals surface area contributed by atoms with E-state index >= 15 is 0 Å². The highest BCUT2D eigenvalue weighted by Crippen LogP contribution is 2.37. The molecule has 0 amide bonds. The van der Waals surface area contributed by atoms with Crippen LogP contribution >= 0.6 is 23.2 Å². The Hall–Kier alpha value is -1.19. The summed E-state index contributed by atoms with van der Waals surface area (Å²) < 4.78 is 41.0. The molecular formula is C14H9Cl2F3. The molecule has 100 valence electrons. The van der Waals surface area contributed by atoms with Gasteiger partial charge in [-0.25, -0.2) is 13.2 Å². The van der Waals surface area contributed by atoms with Crippen molar-refractivity contribution in [2.75, 3.05) is 0 Å². The molecule has 0 aliphatic carbocycles. The van der Waals surface area contributed by atoms with Gasteiger partial charge >= 0.3 is 0 Å². The van der Waals surface area contributed by atoms with Gasteiger partial charge in [-0.15, -0.1) is 11.6 Å². The van der Waals surface area contributed by atoms with Crippen LogP contribution < -0.4 is 0 Å². The fourth-order valence-corrected chi connectivity index (χ4v) is 2.48. The molecule has 0 aliphatic rings. The van der Waals surface area contributed by atoms with E-state index in [1.165, 1.54) is 25.1 Å². The first-order valence-corrected chi connectivity index (χ1v) is 6.26. The van der Waals surface area contributed by atoms with Gasteiger partial charge in [-0.1, -0.05) is 17.7 Å². The molecule has 0 heterocycles. The van der Waals surface area contributed by atoms with Crippen LogP contribution in [0, 0.1) is 24.4 Å². The Kier molecular flexibility index (Phi) is 4.07. The number of halogens is 5. The highest BCUT2D eigenvalue weighted by atomic mass is 35.5. The van der Waals surface area contributed by atoms with Crippen molar-refractivity contribution in [2.24, 2.45) is 0 Å². The van der Waals surface area contributed by atoms with Gasteiger partial charge in [0.25, 0.3) is 0 Å². The van der Waals surface area contributed by atoms with Crippen molar-refractivity contribution in [1.29, 1.82) is 0 Å². The number of aryl methyl sites for hydroxylation is 1. The van der Waals surface area contributed by atoms with Crippen LogP contribution in [0.1, 0.15) is 22.1 Å². The third-order valence-corrected chi connectivity index (χ3v) is 3.59. The maximum Gasteiger partial charge on any atom is 0.129 e. The van der Waals surface area contributed by atoms with Crippen LogP contribution in [0.4, 0.5) is 13.2 Å². The molecule has 5 heteroatoms. The molecule has 1 unspecified atom stereocenters. The fraction of sp³-hybridized carbons (Fsp3) is 0.143. The van der Waals surface area contributed by atoms with Crippen LogP contribution in [-0.2, 0) is 0 Å². The Labute approximate surface area is 118 Å². The van der Waals surface area contributed by atoms with Crippen LogP contribution in [0.15, 0.2) is 30.3 Å². The zero-order valence-corrected chi connectivity index (χ0v) is 11.4.